The highest BCUT2D eigenvalue weighted by Gasteiger charge is 2.15. The zero-order valence-electron chi connectivity index (χ0n) is 14.4. The van der Waals surface area contributed by atoms with E-state index >= 15 is 0 Å². The Balaban J connectivity index is 1.94. The minimum atomic E-state index is -0.885. The van der Waals surface area contributed by atoms with Gasteiger partial charge in [0.2, 0.25) is 0 Å². The maximum Gasteiger partial charge on any atom is 0.121 e. The largest absolute Gasteiger partial charge is 0.398 e. The molecular weight excluding hydrogens is 356 g/mol. The van der Waals surface area contributed by atoms with Gasteiger partial charge in [0, 0.05) is 16.8 Å². The van der Waals surface area contributed by atoms with Gasteiger partial charge in [0.05, 0.1) is 16.3 Å². The number of aliphatic hydroxyl groups is 1. The molecule has 1 atom stereocenters. The Morgan fingerprint density at radius 1 is 1.07 bits per heavy atom. The van der Waals surface area contributed by atoms with Gasteiger partial charge in [-0.25, -0.2) is 0 Å². The van der Waals surface area contributed by atoms with E-state index in [2.05, 4.69) is 11.1 Å². The molecule has 0 aliphatic rings. The van der Waals surface area contributed by atoms with E-state index in [1.54, 1.807) is 48.7 Å². The molecule has 1 heterocycles. The van der Waals surface area contributed by atoms with E-state index in [0.717, 1.165) is 4.90 Å². The van der Waals surface area contributed by atoms with E-state index in [1.165, 1.54) is 11.8 Å². The summed E-state index contributed by atoms with van der Waals surface area (Å²) in [7, 11) is 0. The first-order valence-corrected chi connectivity index (χ1v) is 9.03. The SMILES string of the molecule is N#C/C(=C(/N)Sc1ccccc1N)c1cccc(C(O)c2ccccn2)c1. The fraction of sp³-hybridized carbons (Fsp3) is 0.0476. The molecule has 0 fully saturated rings. The number of nitrogens with two attached hydrogens (primary N) is 2. The molecule has 1 unspecified atom stereocenters. The highest BCUT2D eigenvalue weighted by atomic mass is 32.2. The van der Waals surface area contributed by atoms with Crippen LogP contribution in [0.15, 0.2) is 82.9 Å². The van der Waals surface area contributed by atoms with E-state index < -0.39 is 6.10 Å². The third-order valence-electron chi connectivity index (χ3n) is 3.96. The molecule has 0 radical (unpaired) electrons. The summed E-state index contributed by atoms with van der Waals surface area (Å²) in [4.78, 5) is 4.97. The number of hydrogen-bond donors (Lipinski definition) is 3. The Morgan fingerprint density at radius 3 is 2.56 bits per heavy atom. The number of aromatic nitrogens is 1. The molecular formula is C21H18N4OS. The van der Waals surface area contributed by atoms with Crippen molar-refractivity contribution in [1.29, 1.82) is 5.26 Å². The van der Waals surface area contributed by atoms with Crippen molar-refractivity contribution in [3.63, 3.8) is 0 Å². The first-order chi connectivity index (χ1) is 13.1. The standard InChI is InChI=1S/C21H18N4OS/c22-13-16(21(24)27-19-10-2-1-8-17(19)23)14-6-5-7-15(12-14)20(26)18-9-3-4-11-25-18/h1-12,20,26H,23-24H2/b21-16+. The maximum atomic E-state index is 10.6. The molecule has 0 aliphatic carbocycles. The van der Waals surface area contributed by atoms with Gasteiger partial charge in [0.25, 0.3) is 0 Å². The number of allylic oxidation sites excluding steroid dienone is 1. The molecule has 27 heavy (non-hydrogen) atoms. The first-order valence-electron chi connectivity index (χ1n) is 8.21. The van der Waals surface area contributed by atoms with Crippen LogP contribution in [0, 0.1) is 11.3 Å². The first kappa shape index (κ1) is 18.5. The molecule has 0 spiro atoms. The van der Waals surface area contributed by atoms with Crippen LogP contribution in [0.25, 0.3) is 5.57 Å². The van der Waals surface area contributed by atoms with E-state index in [9.17, 15) is 10.4 Å². The minimum Gasteiger partial charge on any atom is -0.398 e. The highest BCUT2D eigenvalue weighted by Crippen LogP contribution is 2.33. The van der Waals surface area contributed by atoms with Gasteiger partial charge in [-0.15, -0.1) is 0 Å². The maximum absolute atomic E-state index is 10.6. The molecule has 134 valence electrons. The van der Waals surface area contributed by atoms with Crippen molar-refractivity contribution in [2.24, 2.45) is 5.73 Å². The van der Waals surface area contributed by atoms with Gasteiger partial charge in [-0.05, 0) is 41.5 Å². The third-order valence-corrected chi connectivity index (χ3v) is 4.97. The Hall–Kier alpha value is -3.27. The summed E-state index contributed by atoms with van der Waals surface area (Å²) in [5, 5.41) is 20.6. The molecule has 3 rings (SSSR count). The van der Waals surface area contributed by atoms with Gasteiger partial charge < -0.3 is 16.6 Å². The lowest BCUT2D eigenvalue weighted by molar-refractivity contribution is 0.215. The summed E-state index contributed by atoms with van der Waals surface area (Å²) in [6.45, 7) is 0. The van der Waals surface area contributed by atoms with Crippen LogP contribution in [0.3, 0.4) is 0 Å². The predicted molar refractivity (Wildman–Crippen MR) is 108 cm³/mol. The lowest BCUT2D eigenvalue weighted by atomic mass is 10.00. The van der Waals surface area contributed by atoms with Gasteiger partial charge >= 0.3 is 0 Å². The minimum absolute atomic E-state index is 0.332. The van der Waals surface area contributed by atoms with Crippen molar-refractivity contribution in [2.75, 3.05) is 5.73 Å². The molecule has 0 bridgehead atoms. The number of pyridine rings is 1. The number of anilines is 1. The van der Waals surface area contributed by atoms with E-state index in [1.807, 2.05) is 24.3 Å². The second-order valence-corrected chi connectivity index (χ2v) is 6.86. The number of thioether (sulfide) groups is 1. The number of nitrogens with zero attached hydrogens (tertiary/aromatic N) is 2. The fourth-order valence-corrected chi connectivity index (χ4v) is 3.41. The summed E-state index contributed by atoms with van der Waals surface area (Å²) in [6.07, 6.45) is 0.742. The van der Waals surface area contributed by atoms with Crippen LogP contribution in [0.1, 0.15) is 22.9 Å². The monoisotopic (exact) mass is 374 g/mol. The van der Waals surface area contributed by atoms with Crippen LogP contribution in [0.5, 0.6) is 0 Å². The number of para-hydroxylation sites is 1. The Kier molecular flexibility index (Phi) is 5.77. The van der Waals surface area contributed by atoms with Crippen molar-refractivity contribution in [2.45, 2.75) is 11.0 Å². The van der Waals surface area contributed by atoms with Crippen molar-refractivity contribution >= 4 is 23.0 Å². The summed E-state index contributed by atoms with van der Waals surface area (Å²) in [5.41, 5.74) is 14.9. The van der Waals surface area contributed by atoms with Crippen molar-refractivity contribution in [3.8, 4) is 6.07 Å². The molecule has 1 aromatic heterocycles. The molecule has 2 aromatic carbocycles. The Morgan fingerprint density at radius 2 is 1.85 bits per heavy atom. The molecule has 0 saturated carbocycles. The van der Waals surface area contributed by atoms with Crippen LogP contribution < -0.4 is 11.5 Å². The molecule has 5 nitrogen and oxygen atoms in total. The van der Waals surface area contributed by atoms with Gasteiger partial charge in [-0.2, -0.15) is 5.26 Å². The van der Waals surface area contributed by atoms with Crippen molar-refractivity contribution < 1.29 is 5.11 Å². The average molecular weight is 374 g/mol. The van der Waals surface area contributed by atoms with Crippen LogP contribution >= 0.6 is 11.8 Å². The smallest absolute Gasteiger partial charge is 0.121 e. The summed E-state index contributed by atoms with van der Waals surface area (Å²) in [6, 6.07) is 22.0. The summed E-state index contributed by atoms with van der Waals surface area (Å²) in [5.74, 6) is 0. The number of hydrogen-bond acceptors (Lipinski definition) is 6. The zero-order valence-corrected chi connectivity index (χ0v) is 15.2. The fourth-order valence-electron chi connectivity index (χ4n) is 2.58. The quantitative estimate of drug-likeness (QED) is 0.357. The lowest BCUT2D eigenvalue weighted by Crippen LogP contribution is -2.03. The normalized spacial score (nSPS) is 12.7. The van der Waals surface area contributed by atoms with Crippen LogP contribution in [0.2, 0.25) is 0 Å². The van der Waals surface area contributed by atoms with E-state index in [4.69, 9.17) is 11.5 Å². The highest BCUT2D eigenvalue weighted by molar-refractivity contribution is 8.03. The van der Waals surface area contributed by atoms with Gasteiger partial charge in [-0.1, -0.05) is 48.2 Å². The number of nitrogen functional groups attached to an aromatic ring is 1. The van der Waals surface area contributed by atoms with Crippen LogP contribution in [-0.2, 0) is 0 Å². The number of nitriles is 1. The number of aliphatic hydroxyl groups excluding tert-OH is 1. The van der Waals surface area contributed by atoms with Crippen LogP contribution in [-0.4, -0.2) is 10.1 Å². The van der Waals surface area contributed by atoms with Gasteiger partial charge in [0.1, 0.15) is 12.2 Å². The van der Waals surface area contributed by atoms with E-state index in [0.29, 0.717) is 33.1 Å². The molecule has 3 aromatic rings. The molecule has 0 amide bonds. The molecule has 5 N–H and O–H groups in total. The average Bonchev–Trinajstić information content (AvgIpc) is 2.70. The second kappa shape index (κ2) is 8.41. The van der Waals surface area contributed by atoms with E-state index in [-0.39, 0.29) is 0 Å². The number of benzene rings is 2. The van der Waals surface area contributed by atoms with Gasteiger partial charge in [0.15, 0.2) is 0 Å². The van der Waals surface area contributed by atoms with Crippen molar-refractivity contribution in [3.05, 3.63) is 94.8 Å². The number of rotatable bonds is 5. The Labute approximate surface area is 162 Å². The third kappa shape index (κ3) is 4.29. The zero-order chi connectivity index (χ0) is 19.2. The predicted octanol–water partition coefficient (Wildman–Crippen LogP) is 3.69. The summed E-state index contributed by atoms with van der Waals surface area (Å²) < 4.78 is 0. The lowest BCUT2D eigenvalue weighted by Gasteiger charge is -2.12. The van der Waals surface area contributed by atoms with Gasteiger partial charge in [-0.3, -0.25) is 4.98 Å². The van der Waals surface area contributed by atoms with Crippen molar-refractivity contribution in [1.82, 2.24) is 4.98 Å². The molecule has 0 saturated heterocycles. The van der Waals surface area contributed by atoms with Crippen LogP contribution in [0.4, 0.5) is 5.69 Å². The Bertz CT molecular complexity index is 1010. The topological polar surface area (TPSA) is 109 Å². The second-order valence-electron chi connectivity index (χ2n) is 5.77. The molecule has 6 heteroatoms. The summed E-state index contributed by atoms with van der Waals surface area (Å²) >= 11 is 1.24. The molecule has 0 aliphatic heterocycles.